The number of rotatable bonds is 4. The molecule has 0 N–H and O–H groups in total. The van der Waals surface area contributed by atoms with E-state index in [-0.39, 0.29) is 0 Å². The minimum atomic E-state index is -0.579. The van der Waals surface area contributed by atoms with Crippen molar-refractivity contribution in [1.29, 1.82) is 0 Å². The Balaban J connectivity index is 1.94. The van der Waals surface area contributed by atoms with Crippen LogP contribution in [0.2, 0.25) is 0 Å². The van der Waals surface area contributed by atoms with Crippen LogP contribution in [-0.2, 0) is 0 Å². The third-order valence-electron chi connectivity index (χ3n) is 2.77. The van der Waals surface area contributed by atoms with Gasteiger partial charge in [-0.05, 0) is 36.4 Å². The molecule has 0 saturated carbocycles. The summed E-state index contributed by atoms with van der Waals surface area (Å²) in [6.45, 7) is -0.579. The van der Waals surface area contributed by atoms with Crippen LogP contribution in [0.15, 0.2) is 51.4 Å². The third kappa shape index (κ3) is 3.03. The van der Waals surface area contributed by atoms with E-state index in [1.165, 1.54) is 0 Å². The quantitative estimate of drug-likeness (QED) is 0.406. The molecule has 0 aliphatic rings. The van der Waals surface area contributed by atoms with Gasteiger partial charge in [0.15, 0.2) is 5.58 Å². The zero-order chi connectivity index (χ0) is 14.8. The maximum absolute atomic E-state index is 10.3. The van der Waals surface area contributed by atoms with Gasteiger partial charge in [0.25, 0.3) is 0 Å². The molecule has 0 unspecified atom stereocenters. The van der Waals surface area contributed by atoms with Crippen molar-refractivity contribution in [3.05, 3.63) is 57.1 Å². The molecule has 0 bridgehead atoms. The molecule has 3 rings (SSSR count). The van der Waals surface area contributed by atoms with Crippen LogP contribution in [-0.4, -0.2) is 16.6 Å². The highest BCUT2D eigenvalue weighted by Crippen LogP contribution is 2.28. The molecule has 1 aromatic heterocycles. The van der Waals surface area contributed by atoms with Crippen molar-refractivity contribution in [2.75, 3.05) is 6.73 Å². The van der Waals surface area contributed by atoms with Crippen molar-refractivity contribution in [3.8, 4) is 17.2 Å². The van der Waals surface area contributed by atoms with Crippen LogP contribution >= 0.6 is 15.9 Å². The van der Waals surface area contributed by atoms with Gasteiger partial charge in [-0.1, -0.05) is 22.0 Å². The number of halogens is 1. The molecule has 0 aliphatic heterocycles. The number of hydrogen-bond donors (Lipinski definition) is 0. The van der Waals surface area contributed by atoms with E-state index in [2.05, 4.69) is 20.9 Å². The fourth-order valence-electron chi connectivity index (χ4n) is 1.87. The van der Waals surface area contributed by atoms with Gasteiger partial charge < -0.3 is 9.15 Å². The Kier molecular flexibility index (Phi) is 3.57. The van der Waals surface area contributed by atoms with E-state index in [0.29, 0.717) is 22.8 Å². The minimum Gasteiger partial charge on any atom is -0.436 e. The molecule has 0 aliphatic carbocycles. The van der Waals surface area contributed by atoms with Gasteiger partial charge in [0.1, 0.15) is 11.3 Å². The lowest BCUT2D eigenvalue weighted by atomic mass is 10.2. The first-order valence-electron chi connectivity index (χ1n) is 6.03. The van der Waals surface area contributed by atoms with Gasteiger partial charge in [-0.2, -0.15) is 0 Å². The molecule has 3 aromatic rings. The van der Waals surface area contributed by atoms with Gasteiger partial charge >= 0.3 is 6.73 Å². The van der Waals surface area contributed by atoms with E-state index in [0.717, 1.165) is 9.99 Å². The van der Waals surface area contributed by atoms with Gasteiger partial charge in [-0.25, -0.2) is 4.98 Å². The molecule has 0 amide bonds. The lowest BCUT2D eigenvalue weighted by Gasteiger charge is -2.02. The number of ether oxygens (including phenoxy) is 1. The minimum absolute atomic E-state index is 0.396. The highest BCUT2D eigenvalue weighted by atomic mass is 79.9. The van der Waals surface area contributed by atoms with Crippen molar-refractivity contribution >= 4 is 27.0 Å². The van der Waals surface area contributed by atoms with Crippen LogP contribution in [0.5, 0.6) is 5.75 Å². The van der Waals surface area contributed by atoms with Crippen LogP contribution in [0.4, 0.5) is 0 Å². The van der Waals surface area contributed by atoms with Gasteiger partial charge in [-0.15, -0.1) is 0 Å². The summed E-state index contributed by atoms with van der Waals surface area (Å²) in [5.41, 5.74) is 2.10. The van der Waals surface area contributed by atoms with E-state index in [4.69, 9.17) is 9.15 Å². The summed E-state index contributed by atoms with van der Waals surface area (Å²) in [6, 6.07) is 12.4. The molecule has 0 atom stereocenters. The highest BCUT2D eigenvalue weighted by Gasteiger charge is 2.10. The second-order valence-electron chi connectivity index (χ2n) is 4.27. The zero-order valence-electron chi connectivity index (χ0n) is 10.7. The molecule has 2 aromatic carbocycles. The average molecular weight is 349 g/mol. The van der Waals surface area contributed by atoms with Crippen molar-refractivity contribution in [3.63, 3.8) is 0 Å². The van der Waals surface area contributed by atoms with Crippen molar-refractivity contribution < 1.29 is 14.1 Å². The second-order valence-corrected chi connectivity index (χ2v) is 5.18. The first kappa shape index (κ1) is 13.6. The Bertz CT molecular complexity index is 816. The van der Waals surface area contributed by atoms with Gasteiger partial charge in [-0.3, -0.25) is 10.1 Å². The Hall–Kier alpha value is -2.41. The summed E-state index contributed by atoms with van der Waals surface area (Å²) in [6.07, 6.45) is 0. The predicted molar refractivity (Wildman–Crippen MR) is 79.6 cm³/mol. The Morgan fingerprint density at radius 2 is 2.14 bits per heavy atom. The maximum atomic E-state index is 10.3. The summed E-state index contributed by atoms with van der Waals surface area (Å²) >= 11 is 3.38. The Labute approximate surface area is 127 Å². The van der Waals surface area contributed by atoms with E-state index in [1.54, 1.807) is 24.3 Å². The summed E-state index contributed by atoms with van der Waals surface area (Å²) < 4.78 is 11.6. The first-order valence-corrected chi connectivity index (χ1v) is 6.82. The molecule has 0 saturated heterocycles. The molecule has 0 spiro atoms. The van der Waals surface area contributed by atoms with E-state index < -0.39 is 11.7 Å². The van der Waals surface area contributed by atoms with Crippen molar-refractivity contribution in [1.82, 2.24) is 4.98 Å². The van der Waals surface area contributed by atoms with E-state index >= 15 is 0 Å². The summed E-state index contributed by atoms with van der Waals surface area (Å²) in [4.78, 5) is 14.2. The maximum Gasteiger partial charge on any atom is 0.344 e. The van der Waals surface area contributed by atoms with Gasteiger partial charge in [0.2, 0.25) is 5.89 Å². The molecule has 7 heteroatoms. The molecular formula is C14H9BrN2O4. The molecule has 1 heterocycles. The van der Waals surface area contributed by atoms with Crippen LogP contribution in [0.3, 0.4) is 0 Å². The molecule has 6 nitrogen and oxygen atoms in total. The van der Waals surface area contributed by atoms with Crippen LogP contribution in [0, 0.1) is 10.1 Å². The number of fused-ring (bicyclic) bond motifs is 1. The fourth-order valence-corrected chi connectivity index (χ4v) is 2.22. The number of benzene rings is 2. The Morgan fingerprint density at radius 1 is 1.29 bits per heavy atom. The molecule has 0 radical (unpaired) electrons. The summed E-state index contributed by atoms with van der Waals surface area (Å²) in [5.74, 6) is 0.835. The topological polar surface area (TPSA) is 78.4 Å². The van der Waals surface area contributed by atoms with E-state index in [9.17, 15) is 10.1 Å². The monoisotopic (exact) mass is 348 g/mol. The van der Waals surface area contributed by atoms with E-state index in [1.807, 2.05) is 18.2 Å². The smallest absolute Gasteiger partial charge is 0.344 e. The fraction of sp³-hybridized carbons (Fsp3) is 0.0714. The largest absolute Gasteiger partial charge is 0.436 e. The standard InChI is InChI=1S/C14H9BrN2O4/c15-10-4-5-13-12(7-10)16-14(21-13)9-2-1-3-11(6-9)20-8-17(18)19/h1-7H,8H2. The highest BCUT2D eigenvalue weighted by molar-refractivity contribution is 9.10. The van der Waals surface area contributed by atoms with Gasteiger partial charge in [0, 0.05) is 10.0 Å². The SMILES string of the molecule is O=[N+]([O-])COc1cccc(-c2nc3cc(Br)ccc3o2)c1. The molecule has 21 heavy (non-hydrogen) atoms. The summed E-state index contributed by atoms with van der Waals surface area (Å²) in [7, 11) is 0. The zero-order valence-corrected chi connectivity index (χ0v) is 12.2. The van der Waals surface area contributed by atoms with Crippen LogP contribution < -0.4 is 4.74 Å². The predicted octanol–water partition coefficient (Wildman–Crippen LogP) is 3.87. The molecular weight excluding hydrogens is 340 g/mol. The first-order chi connectivity index (χ1) is 10.1. The number of nitrogens with zero attached hydrogens (tertiary/aromatic N) is 2. The third-order valence-corrected chi connectivity index (χ3v) is 3.26. The molecule has 0 fully saturated rings. The van der Waals surface area contributed by atoms with Crippen molar-refractivity contribution in [2.45, 2.75) is 0 Å². The number of nitro groups is 1. The van der Waals surface area contributed by atoms with Crippen LogP contribution in [0.25, 0.3) is 22.6 Å². The summed E-state index contributed by atoms with van der Waals surface area (Å²) in [5, 5.41) is 10.3. The number of oxazole rings is 1. The average Bonchev–Trinajstić information content (AvgIpc) is 2.88. The van der Waals surface area contributed by atoms with Gasteiger partial charge in [0.05, 0.1) is 4.92 Å². The Morgan fingerprint density at radius 3 is 2.95 bits per heavy atom. The second kappa shape index (κ2) is 5.53. The van der Waals surface area contributed by atoms with Crippen LogP contribution in [0.1, 0.15) is 0 Å². The lowest BCUT2D eigenvalue weighted by Crippen LogP contribution is -2.07. The lowest BCUT2D eigenvalue weighted by molar-refractivity contribution is -0.514. The molecule has 106 valence electrons. The number of aromatic nitrogens is 1. The normalized spacial score (nSPS) is 10.7. The van der Waals surface area contributed by atoms with Crippen molar-refractivity contribution in [2.24, 2.45) is 0 Å². The number of hydrogen-bond acceptors (Lipinski definition) is 5.